The van der Waals surface area contributed by atoms with Gasteiger partial charge in [0.1, 0.15) is 11.3 Å². The summed E-state index contributed by atoms with van der Waals surface area (Å²) in [5, 5.41) is 1.00. The number of fused-ring (bicyclic) bond motifs is 1. The second-order valence-corrected chi connectivity index (χ2v) is 5.64. The summed E-state index contributed by atoms with van der Waals surface area (Å²) in [4.78, 5) is 19.3. The summed E-state index contributed by atoms with van der Waals surface area (Å²) < 4.78 is 4.77. The third-order valence-electron chi connectivity index (χ3n) is 3.31. The molecule has 0 radical (unpaired) electrons. The molecule has 0 spiro atoms. The molecule has 0 atom stereocenters. The summed E-state index contributed by atoms with van der Waals surface area (Å²) in [6.07, 6.45) is 3.67. The maximum absolute atomic E-state index is 11.8. The number of nitrogens with one attached hydrogen (secondary N) is 1. The number of carbonyl (C=O) groups excluding carboxylic acids is 1. The Balaban J connectivity index is 1.96. The lowest BCUT2D eigenvalue weighted by Gasteiger charge is -1.98. The number of hydrogen-bond acceptors (Lipinski definition) is 3. The third-order valence-corrected chi connectivity index (χ3v) is 4.05. The lowest BCUT2D eigenvalue weighted by molar-refractivity contribution is 0.0603. The van der Waals surface area contributed by atoms with Gasteiger partial charge in [-0.1, -0.05) is 41.4 Å². The number of benzene rings is 2. The van der Waals surface area contributed by atoms with Crippen LogP contribution in [0.1, 0.15) is 21.7 Å². The van der Waals surface area contributed by atoms with Gasteiger partial charge in [-0.25, -0.2) is 9.78 Å². The molecule has 0 fully saturated rings. The minimum absolute atomic E-state index is 0.415. The van der Waals surface area contributed by atoms with Gasteiger partial charge >= 0.3 is 5.97 Å². The van der Waals surface area contributed by atoms with Crippen LogP contribution < -0.4 is 0 Å². The number of hydrogen-bond donors (Lipinski definition) is 1. The first-order valence-electron chi connectivity index (χ1n) is 6.78. The maximum atomic E-state index is 11.8. The van der Waals surface area contributed by atoms with E-state index in [9.17, 15) is 4.79 Å². The quantitative estimate of drug-likeness (QED) is 0.691. The molecular weight excluding hydrogens is 335 g/mol. The highest BCUT2D eigenvalue weighted by atomic mass is 35.5. The third kappa shape index (κ3) is 3.23. The number of ether oxygens (including phenoxy) is 1. The van der Waals surface area contributed by atoms with Crippen LogP contribution in [0.5, 0.6) is 0 Å². The van der Waals surface area contributed by atoms with Crippen molar-refractivity contribution in [3.05, 3.63) is 63.4 Å². The first-order valence-corrected chi connectivity index (χ1v) is 7.54. The molecule has 3 rings (SSSR count). The molecule has 1 heterocycles. The van der Waals surface area contributed by atoms with Crippen molar-refractivity contribution in [1.82, 2.24) is 9.97 Å². The van der Waals surface area contributed by atoms with Gasteiger partial charge in [0.15, 0.2) is 0 Å². The average Bonchev–Trinajstić information content (AvgIpc) is 2.98. The molecule has 2 aromatic carbocycles. The number of aromatic amines is 1. The second-order valence-electron chi connectivity index (χ2n) is 4.82. The van der Waals surface area contributed by atoms with Crippen LogP contribution in [0.2, 0.25) is 10.0 Å². The number of methoxy groups -OCH3 is 1. The molecule has 0 unspecified atom stereocenters. The number of para-hydroxylation sites is 1. The minimum Gasteiger partial charge on any atom is -0.465 e. The minimum atomic E-state index is -0.415. The van der Waals surface area contributed by atoms with Crippen LogP contribution in [0.3, 0.4) is 0 Å². The highest BCUT2D eigenvalue weighted by Crippen LogP contribution is 2.24. The highest BCUT2D eigenvalue weighted by molar-refractivity contribution is 6.42. The Kier molecular flexibility index (Phi) is 4.37. The fourth-order valence-electron chi connectivity index (χ4n) is 2.20. The van der Waals surface area contributed by atoms with E-state index in [4.69, 9.17) is 27.9 Å². The molecule has 1 aromatic heterocycles. The lowest BCUT2D eigenvalue weighted by atomic mass is 10.2. The molecule has 116 valence electrons. The Morgan fingerprint density at radius 1 is 1.17 bits per heavy atom. The number of nitrogens with zero attached hydrogens (tertiary/aromatic N) is 1. The number of aromatic nitrogens is 2. The van der Waals surface area contributed by atoms with Crippen LogP contribution in [0.4, 0.5) is 0 Å². The van der Waals surface area contributed by atoms with E-state index < -0.39 is 5.97 Å². The summed E-state index contributed by atoms with van der Waals surface area (Å²) >= 11 is 11.9. The Bertz CT molecular complexity index is 916. The SMILES string of the molecule is COC(=O)c1cccc2[nH]c(C=Cc3ccc(Cl)c(Cl)c3)nc12. The molecule has 1 N–H and O–H groups in total. The summed E-state index contributed by atoms with van der Waals surface area (Å²) in [7, 11) is 1.35. The first kappa shape index (κ1) is 15.6. The number of rotatable bonds is 3. The van der Waals surface area contributed by atoms with Crippen LogP contribution in [0.25, 0.3) is 23.2 Å². The number of H-pyrrole nitrogens is 1. The van der Waals surface area contributed by atoms with E-state index in [1.165, 1.54) is 7.11 Å². The molecular formula is C17H12Cl2N2O2. The van der Waals surface area contributed by atoms with Crippen LogP contribution >= 0.6 is 23.2 Å². The maximum Gasteiger partial charge on any atom is 0.340 e. The zero-order valence-electron chi connectivity index (χ0n) is 12.1. The largest absolute Gasteiger partial charge is 0.465 e. The van der Waals surface area contributed by atoms with Gasteiger partial charge in [-0.3, -0.25) is 0 Å². The normalized spacial score (nSPS) is 11.3. The van der Waals surface area contributed by atoms with Crippen molar-refractivity contribution in [3.63, 3.8) is 0 Å². The van der Waals surface area contributed by atoms with Crippen LogP contribution in [-0.2, 0) is 4.74 Å². The van der Waals surface area contributed by atoms with Crippen LogP contribution in [-0.4, -0.2) is 23.0 Å². The number of carbonyl (C=O) groups is 1. The van der Waals surface area contributed by atoms with Crippen molar-refractivity contribution in [2.24, 2.45) is 0 Å². The van der Waals surface area contributed by atoms with E-state index in [1.54, 1.807) is 30.3 Å². The van der Waals surface area contributed by atoms with Crippen molar-refractivity contribution in [2.75, 3.05) is 7.11 Å². The highest BCUT2D eigenvalue weighted by Gasteiger charge is 2.12. The van der Waals surface area contributed by atoms with Gasteiger partial charge in [-0.05, 0) is 35.9 Å². The summed E-state index contributed by atoms with van der Waals surface area (Å²) in [5.74, 6) is 0.213. The van der Waals surface area contributed by atoms with Crippen LogP contribution in [0, 0.1) is 0 Å². The van der Waals surface area contributed by atoms with E-state index in [0.29, 0.717) is 26.9 Å². The van der Waals surface area contributed by atoms with Crippen molar-refractivity contribution >= 4 is 52.4 Å². The van der Waals surface area contributed by atoms with Gasteiger partial charge < -0.3 is 9.72 Å². The molecule has 0 saturated heterocycles. The van der Waals surface area contributed by atoms with Crippen molar-refractivity contribution < 1.29 is 9.53 Å². The summed E-state index contributed by atoms with van der Waals surface area (Å²) in [6.45, 7) is 0. The summed E-state index contributed by atoms with van der Waals surface area (Å²) in [6, 6.07) is 10.7. The number of halogens is 2. The monoisotopic (exact) mass is 346 g/mol. The molecule has 0 amide bonds. The van der Waals surface area contributed by atoms with Crippen molar-refractivity contribution in [3.8, 4) is 0 Å². The molecule has 0 aliphatic heterocycles. The van der Waals surface area contributed by atoms with E-state index in [2.05, 4.69) is 9.97 Å². The van der Waals surface area contributed by atoms with E-state index in [1.807, 2.05) is 18.2 Å². The van der Waals surface area contributed by atoms with Gasteiger partial charge in [0.05, 0.1) is 28.2 Å². The molecule has 4 nitrogen and oxygen atoms in total. The van der Waals surface area contributed by atoms with Gasteiger partial charge in [0, 0.05) is 0 Å². The first-order chi connectivity index (χ1) is 11.1. The van der Waals surface area contributed by atoms with E-state index in [0.717, 1.165) is 11.1 Å². The predicted molar refractivity (Wildman–Crippen MR) is 92.8 cm³/mol. The molecule has 6 heteroatoms. The molecule has 0 aliphatic rings. The van der Waals surface area contributed by atoms with E-state index in [-0.39, 0.29) is 0 Å². The smallest absolute Gasteiger partial charge is 0.340 e. The zero-order chi connectivity index (χ0) is 16.4. The second kappa shape index (κ2) is 6.44. The number of esters is 1. The Morgan fingerprint density at radius 2 is 2.00 bits per heavy atom. The zero-order valence-corrected chi connectivity index (χ0v) is 13.7. The predicted octanol–water partition coefficient (Wildman–Crippen LogP) is 4.83. The Labute approximate surface area is 142 Å². The fourth-order valence-corrected chi connectivity index (χ4v) is 2.50. The van der Waals surface area contributed by atoms with Gasteiger partial charge in [-0.15, -0.1) is 0 Å². The molecule has 23 heavy (non-hydrogen) atoms. The van der Waals surface area contributed by atoms with Gasteiger partial charge in [-0.2, -0.15) is 0 Å². The Hall–Kier alpha value is -2.30. The van der Waals surface area contributed by atoms with Crippen molar-refractivity contribution in [2.45, 2.75) is 0 Å². The van der Waals surface area contributed by atoms with Gasteiger partial charge in [0.2, 0.25) is 0 Å². The Morgan fingerprint density at radius 3 is 2.74 bits per heavy atom. The molecule has 3 aromatic rings. The summed E-state index contributed by atoms with van der Waals surface area (Å²) in [5.41, 5.74) is 2.67. The van der Waals surface area contributed by atoms with E-state index >= 15 is 0 Å². The topological polar surface area (TPSA) is 55.0 Å². The lowest BCUT2D eigenvalue weighted by Crippen LogP contribution is -2.01. The average molecular weight is 347 g/mol. The molecule has 0 aliphatic carbocycles. The van der Waals surface area contributed by atoms with Crippen molar-refractivity contribution in [1.29, 1.82) is 0 Å². The molecule has 0 bridgehead atoms. The van der Waals surface area contributed by atoms with Gasteiger partial charge in [0.25, 0.3) is 0 Å². The molecule has 0 saturated carbocycles. The van der Waals surface area contributed by atoms with Crippen LogP contribution in [0.15, 0.2) is 36.4 Å². The standard InChI is InChI=1S/C17H12Cl2N2O2/c1-23-17(22)11-3-2-4-14-16(11)21-15(20-14)8-6-10-5-7-12(18)13(19)9-10/h2-9H,1H3,(H,20,21). The fraction of sp³-hybridized carbons (Fsp3) is 0.0588. The number of imidazole rings is 1.